The Balaban J connectivity index is 2.24. The Hall–Kier alpha value is -2.94. The van der Waals surface area contributed by atoms with Crippen LogP contribution in [-0.4, -0.2) is 21.6 Å². The Morgan fingerprint density at radius 2 is 1.89 bits per heavy atom. The summed E-state index contributed by atoms with van der Waals surface area (Å²) in [4.78, 5) is 27.8. The Kier molecular flexibility index (Phi) is 5.13. The molecule has 1 aromatic heterocycles. The number of amides is 1. The monoisotopic (exact) mass is 394 g/mol. The van der Waals surface area contributed by atoms with Crippen molar-refractivity contribution in [2.75, 3.05) is 0 Å². The van der Waals surface area contributed by atoms with Crippen molar-refractivity contribution in [3.63, 3.8) is 0 Å². The first kappa shape index (κ1) is 18.8. The topological polar surface area (TPSA) is 71.7 Å². The molecular weight excluding hydrogens is 381 g/mol. The van der Waals surface area contributed by atoms with Gasteiger partial charge in [0.1, 0.15) is 11.9 Å². The molecule has 0 aliphatic carbocycles. The Bertz CT molecular complexity index is 1120. The molecule has 0 aliphatic heterocycles. The standard InChI is InChI=1S/C18H13F3N2O3S/c1-2-13(17(25)26)23-14-5-3-4-11(20)15(14)27-18(23)22-16(24)9-6-7-10(19)12(21)8-9/h3-8,13H,2H2,1H3,(H,25,26)/b22-18-. The van der Waals surface area contributed by atoms with Crippen molar-refractivity contribution in [2.24, 2.45) is 4.99 Å². The highest BCUT2D eigenvalue weighted by molar-refractivity contribution is 7.16. The van der Waals surface area contributed by atoms with E-state index in [0.29, 0.717) is 6.07 Å². The molecule has 0 bridgehead atoms. The second-order valence-corrected chi connectivity index (χ2v) is 6.63. The second kappa shape index (κ2) is 7.36. The number of aromatic nitrogens is 1. The number of carboxylic acids is 1. The van der Waals surface area contributed by atoms with Crippen LogP contribution < -0.4 is 4.80 Å². The van der Waals surface area contributed by atoms with Gasteiger partial charge in [-0.05, 0) is 36.8 Å². The third-order valence-corrected chi connectivity index (χ3v) is 5.03. The number of nitrogens with zero attached hydrogens (tertiary/aromatic N) is 2. The first-order chi connectivity index (χ1) is 12.8. The van der Waals surface area contributed by atoms with Crippen molar-refractivity contribution < 1.29 is 27.9 Å². The van der Waals surface area contributed by atoms with Crippen LogP contribution in [0.25, 0.3) is 10.2 Å². The van der Waals surface area contributed by atoms with Gasteiger partial charge in [0.2, 0.25) is 0 Å². The minimum atomic E-state index is -1.21. The Labute approximate surface area is 155 Å². The molecule has 0 saturated heterocycles. The van der Waals surface area contributed by atoms with Crippen molar-refractivity contribution in [3.8, 4) is 0 Å². The number of rotatable bonds is 4. The van der Waals surface area contributed by atoms with Gasteiger partial charge >= 0.3 is 5.97 Å². The van der Waals surface area contributed by atoms with Crippen LogP contribution in [0.5, 0.6) is 0 Å². The average molecular weight is 394 g/mol. The molecule has 27 heavy (non-hydrogen) atoms. The van der Waals surface area contributed by atoms with Gasteiger partial charge in [-0.25, -0.2) is 18.0 Å². The van der Waals surface area contributed by atoms with E-state index in [-0.39, 0.29) is 27.0 Å². The van der Waals surface area contributed by atoms with E-state index < -0.39 is 35.4 Å². The van der Waals surface area contributed by atoms with E-state index in [2.05, 4.69) is 4.99 Å². The summed E-state index contributed by atoms with van der Waals surface area (Å²) in [6.45, 7) is 1.63. The third-order valence-electron chi connectivity index (χ3n) is 3.95. The quantitative estimate of drug-likeness (QED) is 0.730. The molecule has 1 unspecified atom stereocenters. The maximum atomic E-state index is 14.1. The lowest BCUT2D eigenvalue weighted by Crippen LogP contribution is -2.27. The second-order valence-electron chi connectivity index (χ2n) is 5.65. The third kappa shape index (κ3) is 3.50. The summed E-state index contributed by atoms with van der Waals surface area (Å²) in [5, 5.41) is 9.49. The van der Waals surface area contributed by atoms with Crippen molar-refractivity contribution in [2.45, 2.75) is 19.4 Å². The molecule has 0 radical (unpaired) electrons. The molecule has 3 rings (SSSR count). The number of hydrogen-bond acceptors (Lipinski definition) is 3. The SMILES string of the molecule is CCC(C(=O)O)n1/c(=N/C(=O)c2ccc(F)c(F)c2)sc2c(F)cccc21. The van der Waals surface area contributed by atoms with Crippen LogP contribution in [0.3, 0.4) is 0 Å². The number of carboxylic acid groups (broad SMARTS) is 1. The predicted octanol–water partition coefficient (Wildman–Crippen LogP) is 3.90. The van der Waals surface area contributed by atoms with Crippen molar-refractivity contribution in [3.05, 3.63) is 64.2 Å². The summed E-state index contributed by atoms with van der Waals surface area (Å²) < 4.78 is 42.0. The highest BCUT2D eigenvalue weighted by Gasteiger charge is 2.23. The minimum absolute atomic E-state index is 0.0425. The molecule has 0 fully saturated rings. The van der Waals surface area contributed by atoms with E-state index >= 15 is 0 Å². The molecule has 1 N–H and O–H groups in total. The van der Waals surface area contributed by atoms with Crippen molar-refractivity contribution in [1.29, 1.82) is 0 Å². The molecule has 1 amide bonds. The van der Waals surface area contributed by atoms with Crippen molar-refractivity contribution in [1.82, 2.24) is 4.57 Å². The molecule has 0 aliphatic rings. The van der Waals surface area contributed by atoms with Crippen LogP contribution in [0.2, 0.25) is 0 Å². The summed E-state index contributed by atoms with van der Waals surface area (Å²) in [5.74, 6) is -4.95. The Morgan fingerprint density at radius 1 is 1.15 bits per heavy atom. The Morgan fingerprint density at radius 3 is 2.52 bits per heavy atom. The van der Waals surface area contributed by atoms with Crippen LogP contribution in [0, 0.1) is 17.5 Å². The summed E-state index contributed by atoms with van der Waals surface area (Å²) >= 11 is 0.811. The first-order valence-corrected chi connectivity index (χ1v) is 8.71. The molecule has 140 valence electrons. The van der Waals surface area contributed by atoms with Gasteiger partial charge in [0.15, 0.2) is 16.4 Å². The maximum absolute atomic E-state index is 14.1. The number of carbonyl (C=O) groups is 2. The number of thiazole rings is 1. The predicted molar refractivity (Wildman–Crippen MR) is 93.0 cm³/mol. The molecule has 0 saturated carbocycles. The van der Waals surface area contributed by atoms with Crippen molar-refractivity contribution >= 4 is 33.4 Å². The van der Waals surface area contributed by atoms with Gasteiger partial charge in [0.05, 0.1) is 10.2 Å². The van der Waals surface area contributed by atoms with E-state index in [4.69, 9.17) is 0 Å². The summed E-state index contributed by atoms with van der Waals surface area (Å²) in [7, 11) is 0. The molecule has 9 heteroatoms. The van der Waals surface area contributed by atoms with Gasteiger partial charge in [-0.1, -0.05) is 24.3 Å². The van der Waals surface area contributed by atoms with E-state index in [1.807, 2.05) is 0 Å². The first-order valence-electron chi connectivity index (χ1n) is 7.90. The number of aliphatic carboxylic acids is 1. The number of fused-ring (bicyclic) bond motifs is 1. The van der Waals surface area contributed by atoms with Gasteiger partial charge in [0.25, 0.3) is 5.91 Å². The van der Waals surface area contributed by atoms with Gasteiger partial charge in [-0.2, -0.15) is 4.99 Å². The zero-order valence-electron chi connectivity index (χ0n) is 13.9. The van der Waals surface area contributed by atoms with Gasteiger partial charge < -0.3 is 9.67 Å². The average Bonchev–Trinajstić information content (AvgIpc) is 2.97. The van der Waals surface area contributed by atoms with Gasteiger partial charge in [-0.15, -0.1) is 0 Å². The fourth-order valence-electron chi connectivity index (χ4n) is 2.66. The lowest BCUT2D eigenvalue weighted by molar-refractivity contribution is -0.140. The van der Waals surface area contributed by atoms with E-state index in [1.54, 1.807) is 6.92 Å². The van der Waals surface area contributed by atoms with Crippen LogP contribution >= 0.6 is 11.3 Å². The van der Waals surface area contributed by atoms with E-state index in [1.165, 1.54) is 22.8 Å². The lowest BCUT2D eigenvalue weighted by Gasteiger charge is -2.13. The summed E-state index contributed by atoms with van der Waals surface area (Å²) in [6.07, 6.45) is 0.171. The fraction of sp³-hybridized carbons (Fsp3) is 0.167. The minimum Gasteiger partial charge on any atom is -0.480 e. The highest BCUT2D eigenvalue weighted by atomic mass is 32.1. The van der Waals surface area contributed by atoms with Crippen LogP contribution in [0.1, 0.15) is 29.7 Å². The van der Waals surface area contributed by atoms with E-state index in [9.17, 15) is 27.9 Å². The molecular formula is C18H13F3N2O3S. The lowest BCUT2D eigenvalue weighted by atomic mass is 10.2. The van der Waals surface area contributed by atoms with Crippen LogP contribution in [0.15, 0.2) is 41.4 Å². The molecule has 1 heterocycles. The summed E-state index contributed by atoms with van der Waals surface area (Å²) in [6, 6.07) is 5.66. The van der Waals surface area contributed by atoms with E-state index in [0.717, 1.165) is 23.5 Å². The largest absolute Gasteiger partial charge is 0.480 e. The summed E-state index contributed by atoms with van der Waals surface area (Å²) in [5.41, 5.74) is 0.0767. The van der Waals surface area contributed by atoms with Crippen LogP contribution in [-0.2, 0) is 4.79 Å². The maximum Gasteiger partial charge on any atom is 0.326 e. The number of carbonyl (C=O) groups excluding carboxylic acids is 1. The highest BCUT2D eigenvalue weighted by Crippen LogP contribution is 2.25. The molecule has 3 aromatic rings. The van der Waals surface area contributed by atoms with Gasteiger partial charge in [-0.3, -0.25) is 4.79 Å². The zero-order chi connectivity index (χ0) is 19.7. The smallest absolute Gasteiger partial charge is 0.326 e. The fourth-order valence-corrected chi connectivity index (χ4v) is 3.73. The molecule has 1 atom stereocenters. The van der Waals surface area contributed by atoms with Gasteiger partial charge in [0, 0.05) is 5.56 Å². The molecule has 5 nitrogen and oxygen atoms in total. The molecule has 0 spiro atoms. The number of halogens is 3. The van der Waals surface area contributed by atoms with Crippen LogP contribution in [0.4, 0.5) is 13.2 Å². The zero-order valence-corrected chi connectivity index (χ0v) is 14.8. The number of hydrogen-bond donors (Lipinski definition) is 1. The normalized spacial score (nSPS) is 13.1. The molecule has 2 aromatic carbocycles. The number of benzene rings is 2.